The predicted molar refractivity (Wildman–Crippen MR) is 65.8 cm³/mol. The zero-order valence-electron chi connectivity index (χ0n) is 9.64. The van der Waals surface area contributed by atoms with E-state index in [-0.39, 0.29) is 16.3 Å². The number of carbonyl (C=O) groups excluding carboxylic acids is 1. The van der Waals surface area contributed by atoms with Gasteiger partial charge in [-0.1, -0.05) is 11.6 Å². The Hall–Kier alpha value is -2.22. The monoisotopic (exact) mass is 305 g/mol. The molecule has 0 saturated heterocycles. The number of anilines is 1. The van der Waals surface area contributed by atoms with Crippen LogP contribution in [0.25, 0.3) is 0 Å². The van der Waals surface area contributed by atoms with Crippen LogP contribution in [0, 0.1) is 0 Å². The molecule has 0 aliphatic rings. The lowest BCUT2D eigenvalue weighted by Crippen LogP contribution is -2.18. The van der Waals surface area contributed by atoms with Crippen molar-refractivity contribution in [3.63, 3.8) is 0 Å². The maximum Gasteiger partial charge on any atom is 0.416 e. The van der Waals surface area contributed by atoms with Crippen LogP contribution in [0.15, 0.2) is 29.2 Å². The van der Waals surface area contributed by atoms with Crippen LogP contribution in [0.3, 0.4) is 0 Å². The highest BCUT2D eigenvalue weighted by Crippen LogP contribution is 2.32. The first-order valence-electron chi connectivity index (χ1n) is 5.22. The molecular weight excluding hydrogens is 299 g/mol. The molecule has 0 bridgehead atoms. The second-order valence-corrected chi connectivity index (χ2v) is 4.27. The molecule has 20 heavy (non-hydrogen) atoms. The second kappa shape index (κ2) is 5.04. The van der Waals surface area contributed by atoms with Gasteiger partial charge in [0.15, 0.2) is 0 Å². The third-order valence-electron chi connectivity index (χ3n) is 2.38. The second-order valence-electron chi connectivity index (χ2n) is 3.84. The van der Waals surface area contributed by atoms with Crippen LogP contribution in [0.5, 0.6) is 0 Å². The average molecular weight is 306 g/mol. The summed E-state index contributed by atoms with van der Waals surface area (Å²) in [4.78, 5) is 23.0. The van der Waals surface area contributed by atoms with Gasteiger partial charge in [0.2, 0.25) is 0 Å². The summed E-state index contributed by atoms with van der Waals surface area (Å²) < 4.78 is 37.8. The van der Waals surface area contributed by atoms with Gasteiger partial charge in [-0.2, -0.15) is 13.2 Å². The number of hydrogen-bond donors (Lipinski definition) is 3. The Morgan fingerprint density at radius 3 is 2.50 bits per heavy atom. The van der Waals surface area contributed by atoms with E-state index in [1.165, 1.54) is 6.20 Å². The lowest BCUT2D eigenvalue weighted by molar-refractivity contribution is -0.137. The van der Waals surface area contributed by atoms with Crippen molar-refractivity contribution in [1.29, 1.82) is 0 Å². The van der Waals surface area contributed by atoms with Crippen molar-refractivity contribution >= 4 is 23.2 Å². The van der Waals surface area contributed by atoms with Gasteiger partial charge in [0.25, 0.3) is 11.5 Å². The number of halogens is 4. The van der Waals surface area contributed by atoms with E-state index in [9.17, 15) is 22.8 Å². The minimum atomic E-state index is -4.62. The first-order valence-corrected chi connectivity index (χ1v) is 5.60. The number of carbonyl (C=O) groups is 1. The Bertz CT molecular complexity index is 705. The van der Waals surface area contributed by atoms with Crippen LogP contribution in [-0.2, 0) is 6.18 Å². The zero-order valence-corrected chi connectivity index (χ0v) is 10.4. The first-order chi connectivity index (χ1) is 9.27. The van der Waals surface area contributed by atoms with E-state index >= 15 is 0 Å². The molecule has 1 aromatic carbocycles. The predicted octanol–water partition coefficient (Wildman–Crippen LogP) is 2.63. The third-order valence-corrected chi connectivity index (χ3v) is 2.60. The van der Waals surface area contributed by atoms with Gasteiger partial charge in [0, 0.05) is 16.8 Å². The Kier molecular flexibility index (Phi) is 3.58. The van der Waals surface area contributed by atoms with E-state index in [0.717, 1.165) is 6.07 Å². The summed E-state index contributed by atoms with van der Waals surface area (Å²) in [5, 5.41) is 6.46. The summed E-state index contributed by atoms with van der Waals surface area (Å²) >= 11 is 5.56. The van der Waals surface area contributed by atoms with Crippen LogP contribution in [0.2, 0.25) is 5.02 Å². The smallest absolute Gasteiger partial charge is 0.316 e. The summed E-state index contributed by atoms with van der Waals surface area (Å²) in [6.07, 6.45) is -3.44. The van der Waals surface area contributed by atoms with Gasteiger partial charge < -0.3 is 10.4 Å². The normalized spacial score (nSPS) is 11.4. The number of rotatable bonds is 2. The van der Waals surface area contributed by atoms with E-state index in [4.69, 9.17) is 11.6 Å². The average Bonchev–Trinajstić information content (AvgIpc) is 2.73. The van der Waals surface area contributed by atoms with Crippen LogP contribution < -0.4 is 10.9 Å². The van der Waals surface area contributed by atoms with Gasteiger partial charge in [0.05, 0.1) is 5.56 Å². The highest BCUT2D eigenvalue weighted by molar-refractivity contribution is 6.31. The van der Waals surface area contributed by atoms with Gasteiger partial charge in [-0.25, -0.2) is 0 Å². The molecule has 1 amide bonds. The fourth-order valence-electron chi connectivity index (χ4n) is 1.48. The molecule has 0 saturated carbocycles. The van der Waals surface area contributed by atoms with E-state index in [2.05, 4.69) is 15.5 Å². The molecule has 0 atom stereocenters. The Morgan fingerprint density at radius 1 is 1.25 bits per heavy atom. The highest BCUT2D eigenvalue weighted by Gasteiger charge is 2.31. The topological polar surface area (TPSA) is 77.8 Å². The number of amides is 1. The minimum Gasteiger partial charge on any atom is -0.316 e. The fourth-order valence-corrected chi connectivity index (χ4v) is 1.71. The SMILES string of the molecule is O=C(Nc1c[nH][nH]c1=O)c1cc(Cl)cc(C(F)(F)F)c1. The molecule has 1 aromatic heterocycles. The van der Waals surface area contributed by atoms with Gasteiger partial charge in [-0.15, -0.1) is 0 Å². The molecule has 0 aliphatic heterocycles. The van der Waals surface area contributed by atoms with Gasteiger partial charge in [-0.05, 0) is 18.2 Å². The number of aromatic amines is 2. The molecule has 2 aromatic rings. The summed E-state index contributed by atoms with van der Waals surface area (Å²) in [7, 11) is 0. The summed E-state index contributed by atoms with van der Waals surface area (Å²) in [5.74, 6) is -0.872. The van der Waals surface area contributed by atoms with Gasteiger partial charge in [0.1, 0.15) is 5.69 Å². The number of alkyl halides is 3. The molecule has 0 unspecified atom stereocenters. The summed E-state index contributed by atoms with van der Waals surface area (Å²) in [6.45, 7) is 0. The number of hydrogen-bond acceptors (Lipinski definition) is 2. The van der Waals surface area contributed by atoms with Gasteiger partial charge >= 0.3 is 6.18 Å². The molecule has 5 nitrogen and oxygen atoms in total. The molecule has 0 fully saturated rings. The molecule has 106 valence electrons. The van der Waals surface area contributed by atoms with Crippen molar-refractivity contribution in [1.82, 2.24) is 10.2 Å². The first kappa shape index (κ1) is 14.2. The van der Waals surface area contributed by atoms with Crippen LogP contribution in [0.4, 0.5) is 18.9 Å². The van der Waals surface area contributed by atoms with Crippen LogP contribution in [0.1, 0.15) is 15.9 Å². The highest BCUT2D eigenvalue weighted by atomic mass is 35.5. The molecule has 1 heterocycles. The molecule has 0 aliphatic carbocycles. The summed E-state index contributed by atoms with van der Waals surface area (Å²) in [6, 6.07) is 2.44. The Labute approximate surface area is 114 Å². The van der Waals surface area contributed by atoms with Crippen LogP contribution in [-0.4, -0.2) is 16.1 Å². The van der Waals surface area contributed by atoms with Crippen molar-refractivity contribution in [2.45, 2.75) is 6.18 Å². The molecule has 2 rings (SSSR count). The van der Waals surface area contributed by atoms with E-state index in [1.807, 2.05) is 0 Å². The quantitative estimate of drug-likeness (QED) is 0.797. The van der Waals surface area contributed by atoms with E-state index in [0.29, 0.717) is 12.1 Å². The minimum absolute atomic E-state index is 0.108. The maximum atomic E-state index is 12.6. The van der Waals surface area contributed by atoms with Crippen molar-refractivity contribution in [2.75, 3.05) is 5.32 Å². The van der Waals surface area contributed by atoms with Crippen LogP contribution >= 0.6 is 11.6 Å². The molecule has 9 heteroatoms. The molecular formula is C11H7ClF3N3O2. The zero-order chi connectivity index (χ0) is 14.9. The van der Waals surface area contributed by atoms with E-state index < -0.39 is 23.2 Å². The number of aromatic nitrogens is 2. The van der Waals surface area contributed by atoms with Gasteiger partial charge in [-0.3, -0.25) is 14.7 Å². The number of H-pyrrole nitrogens is 2. The molecule has 0 spiro atoms. The summed E-state index contributed by atoms with van der Waals surface area (Å²) in [5.41, 5.74) is -2.05. The van der Waals surface area contributed by atoms with Crippen molar-refractivity contribution in [3.8, 4) is 0 Å². The third kappa shape index (κ3) is 3.02. The fraction of sp³-hybridized carbons (Fsp3) is 0.0909. The standard InChI is InChI=1S/C11H7ClF3N3O2/c12-7-2-5(1-6(3-7)11(13,14)15)9(19)17-8-4-16-18-10(8)20/h1-4H,(H,17,19)(H2,16,18,20). The Morgan fingerprint density at radius 2 is 1.95 bits per heavy atom. The Balaban J connectivity index is 2.33. The maximum absolute atomic E-state index is 12.6. The lowest BCUT2D eigenvalue weighted by Gasteiger charge is -2.09. The van der Waals surface area contributed by atoms with Crippen molar-refractivity contribution in [2.24, 2.45) is 0 Å². The van der Waals surface area contributed by atoms with Crippen molar-refractivity contribution in [3.05, 3.63) is 50.9 Å². The largest absolute Gasteiger partial charge is 0.416 e. The molecule has 0 radical (unpaired) electrons. The van der Waals surface area contributed by atoms with Crippen molar-refractivity contribution < 1.29 is 18.0 Å². The lowest BCUT2D eigenvalue weighted by atomic mass is 10.1. The van der Waals surface area contributed by atoms with E-state index in [1.54, 1.807) is 0 Å². The number of benzene rings is 1. The number of nitrogens with one attached hydrogen (secondary N) is 3. The molecule has 3 N–H and O–H groups in total.